The molecule has 0 fully saturated rings. The van der Waals surface area contributed by atoms with E-state index in [9.17, 15) is 4.79 Å². The van der Waals surface area contributed by atoms with Gasteiger partial charge in [-0.3, -0.25) is 4.79 Å². The maximum absolute atomic E-state index is 12.3. The van der Waals surface area contributed by atoms with Gasteiger partial charge in [0, 0.05) is 11.3 Å². The molecule has 4 heteroatoms. The summed E-state index contributed by atoms with van der Waals surface area (Å²) in [7, 11) is 0. The molecule has 0 aliphatic carbocycles. The van der Waals surface area contributed by atoms with E-state index in [1.165, 1.54) is 5.56 Å². The number of hydrogen-bond donors (Lipinski definition) is 2. The van der Waals surface area contributed by atoms with Crippen LogP contribution < -0.4 is 15.8 Å². The molecule has 23 heavy (non-hydrogen) atoms. The molecule has 0 unspecified atom stereocenters. The van der Waals surface area contributed by atoms with Gasteiger partial charge in [-0.1, -0.05) is 32.9 Å². The first-order valence-corrected chi connectivity index (χ1v) is 7.95. The predicted molar refractivity (Wildman–Crippen MR) is 95.1 cm³/mol. The summed E-state index contributed by atoms with van der Waals surface area (Å²) < 4.78 is 5.52. The number of hydrogen-bond acceptors (Lipinski definition) is 3. The molecular weight excluding hydrogens is 288 g/mol. The Morgan fingerprint density at radius 2 is 1.87 bits per heavy atom. The summed E-state index contributed by atoms with van der Waals surface area (Å²) in [5.41, 5.74) is 8.94. The molecule has 0 radical (unpaired) electrons. The second-order valence-corrected chi connectivity index (χ2v) is 5.83. The van der Waals surface area contributed by atoms with Crippen molar-refractivity contribution in [1.29, 1.82) is 0 Å². The smallest absolute Gasteiger partial charge is 0.255 e. The van der Waals surface area contributed by atoms with E-state index >= 15 is 0 Å². The fourth-order valence-electron chi connectivity index (χ4n) is 2.19. The molecule has 0 aliphatic heterocycles. The predicted octanol–water partition coefficient (Wildman–Crippen LogP) is 4.43. The Labute approximate surface area is 137 Å². The Bertz CT molecular complexity index is 664. The van der Waals surface area contributed by atoms with Crippen LogP contribution in [-0.4, -0.2) is 12.5 Å². The Kier molecular flexibility index (Phi) is 5.63. The largest absolute Gasteiger partial charge is 0.491 e. The van der Waals surface area contributed by atoms with Gasteiger partial charge in [-0.2, -0.15) is 0 Å². The van der Waals surface area contributed by atoms with E-state index in [0.29, 0.717) is 29.5 Å². The van der Waals surface area contributed by atoms with Gasteiger partial charge in [0.05, 0.1) is 12.3 Å². The fourth-order valence-corrected chi connectivity index (χ4v) is 2.19. The van der Waals surface area contributed by atoms with E-state index in [-0.39, 0.29) is 5.91 Å². The van der Waals surface area contributed by atoms with Gasteiger partial charge in [0.1, 0.15) is 5.75 Å². The van der Waals surface area contributed by atoms with Crippen LogP contribution in [0.3, 0.4) is 0 Å². The van der Waals surface area contributed by atoms with Crippen molar-refractivity contribution in [2.75, 3.05) is 17.7 Å². The lowest BCUT2D eigenvalue weighted by Crippen LogP contribution is -2.12. The number of nitrogens with one attached hydrogen (secondary N) is 1. The van der Waals surface area contributed by atoms with Crippen LogP contribution in [0.1, 0.15) is 49.0 Å². The van der Waals surface area contributed by atoms with Gasteiger partial charge in [0.2, 0.25) is 0 Å². The van der Waals surface area contributed by atoms with Gasteiger partial charge >= 0.3 is 0 Å². The van der Waals surface area contributed by atoms with Crippen LogP contribution >= 0.6 is 0 Å². The number of anilines is 2. The monoisotopic (exact) mass is 312 g/mol. The average molecular weight is 312 g/mol. The van der Waals surface area contributed by atoms with Crippen LogP contribution in [0.5, 0.6) is 5.75 Å². The van der Waals surface area contributed by atoms with Gasteiger partial charge in [-0.05, 0) is 48.2 Å². The normalized spacial score (nSPS) is 10.6. The first-order chi connectivity index (χ1) is 11.0. The Morgan fingerprint density at radius 1 is 1.17 bits per heavy atom. The summed E-state index contributed by atoms with van der Waals surface area (Å²) >= 11 is 0. The minimum absolute atomic E-state index is 0.184. The first kappa shape index (κ1) is 16.9. The Hall–Kier alpha value is -2.49. The van der Waals surface area contributed by atoms with Crippen molar-refractivity contribution in [1.82, 2.24) is 0 Å². The highest BCUT2D eigenvalue weighted by Crippen LogP contribution is 2.23. The van der Waals surface area contributed by atoms with Crippen LogP contribution in [0.2, 0.25) is 0 Å². The molecule has 2 aromatic carbocycles. The first-order valence-electron chi connectivity index (χ1n) is 7.95. The molecule has 0 saturated heterocycles. The van der Waals surface area contributed by atoms with Crippen LogP contribution in [0.15, 0.2) is 42.5 Å². The summed E-state index contributed by atoms with van der Waals surface area (Å²) in [5, 5.41) is 2.88. The number of nitrogen functional groups attached to an aromatic ring is 1. The van der Waals surface area contributed by atoms with Crippen molar-refractivity contribution in [3.63, 3.8) is 0 Å². The molecule has 3 N–H and O–H groups in total. The number of nitrogens with two attached hydrogens (primary N) is 1. The Balaban J connectivity index is 2.06. The topological polar surface area (TPSA) is 64.3 Å². The third-order valence-corrected chi connectivity index (χ3v) is 3.57. The summed E-state index contributed by atoms with van der Waals surface area (Å²) in [6, 6.07) is 13.0. The van der Waals surface area contributed by atoms with E-state index < -0.39 is 0 Å². The number of carbonyl (C=O) groups is 1. The quantitative estimate of drug-likeness (QED) is 0.775. The van der Waals surface area contributed by atoms with Crippen molar-refractivity contribution >= 4 is 17.3 Å². The van der Waals surface area contributed by atoms with Gasteiger partial charge in [0.15, 0.2) is 0 Å². The molecule has 0 aromatic heterocycles. The molecule has 0 atom stereocenters. The van der Waals surface area contributed by atoms with E-state index in [0.717, 1.165) is 12.1 Å². The van der Waals surface area contributed by atoms with E-state index in [2.05, 4.69) is 19.2 Å². The second kappa shape index (κ2) is 7.68. The van der Waals surface area contributed by atoms with E-state index in [4.69, 9.17) is 10.5 Å². The number of rotatable bonds is 6. The van der Waals surface area contributed by atoms with E-state index in [1.807, 2.05) is 31.2 Å². The maximum Gasteiger partial charge on any atom is 0.255 e. The highest BCUT2D eigenvalue weighted by Gasteiger charge is 2.09. The molecule has 0 aliphatic rings. The van der Waals surface area contributed by atoms with Crippen LogP contribution in [0.4, 0.5) is 11.4 Å². The highest BCUT2D eigenvalue weighted by molar-refractivity contribution is 6.05. The van der Waals surface area contributed by atoms with E-state index in [1.54, 1.807) is 18.2 Å². The number of carbonyl (C=O) groups excluding carboxylic acids is 1. The maximum atomic E-state index is 12.3. The minimum Gasteiger partial charge on any atom is -0.491 e. The van der Waals surface area contributed by atoms with Crippen molar-refractivity contribution in [3.8, 4) is 5.75 Å². The number of amides is 1. The van der Waals surface area contributed by atoms with Gasteiger partial charge in [-0.15, -0.1) is 0 Å². The van der Waals surface area contributed by atoms with Crippen molar-refractivity contribution < 1.29 is 9.53 Å². The molecule has 0 saturated carbocycles. The summed E-state index contributed by atoms with van der Waals surface area (Å²) in [5.74, 6) is 0.899. The molecule has 0 spiro atoms. The third-order valence-electron chi connectivity index (χ3n) is 3.57. The van der Waals surface area contributed by atoms with Crippen LogP contribution in [-0.2, 0) is 0 Å². The standard InChI is InChI=1S/C19H24N2O2/c1-4-11-23-18-10-7-15(12-17(18)20)19(22)21-16-8-5-14(6-9-16)13(2)3/h5-10,12-13H,4,11,20H2,1-3H3,(H,21,22). The lowest BCUT2D eigenvalue weighted by atomic mass is 10.0. The lowest BCUT2D eigenvalue weighted by molar-refractivity contribution is 0.102. The summed E-state index contributed by atoms with van der Waals surface area (Å²) in [4.78, 5) is 12.3. The highest BCUT2D eigenvalue weighted by atomic mass is 16.5. The van der Waals surface area contributed by atoms with Crippen molar-refractivity contribution in [2.24, 2.45) is 0 Å². The minimum atomic E-state index is -0.184. The third kappa shape index (κ3) is 4.49. The molecule has 122 valence electrons. The molecule has 0 bridgehead atoms. The summed E-state index contributed by atoms with van der Waals surface area (Å²) in [6.45, 7) is 6.91. The molecule has 0 heterocycles. The lowest BCUT2D eigenvalue weighted by Gasteiger charge is -2.11. The zero-order chi connectivity index (χ0) is 16.8. The fraction of sp³-hybridized carbons (Fsp3) is 0.316. The van der Waals surface area contributed by atoms with Gasteiger partial charge in [-0.25, -0.2) is 0 Å². The average Bonchev–Trinajstić information content (AvgIpc) is 2.54. The summed E-state index contributed by atoms with van der Waals surface area (Å²) in [6.07, 6.45) is 0.911. The molecule has 1 amide bonds. The van der Waals surface area contributed by atoms with Gasteiger partial charge < -0.3 is 15.8 Å². The van der Waals surface area contributed by atoms with Crippen molar-refractivity contribution in [3.05, 3.63) is 53.6 Å². The molecule has 2 rings (SSSR count). The number of ether oxygens (including phenoxy) is 1. The zero-order valence-corrected chi connectivity index (χ0v) is 13.9. The SMILES string of the molecule is CCCOc1ccc(C(=O)Nc2ccc(C(C)C)cc2)cc1N. The zero-order valence-electron chi connectivity index (χ0n) is 13.9. The van der Waals surface area contributed by atoms with Gasteiger partial charge in [0.25, 0.3) is 5.91 Å². The second-order valence-electron chi connectivity index (χ2n) is 5.83. The molecule has 2 aromatic rings. The van der Waals surface area contributed by atoms with Crippen molar-refractivity contribution in [2.45, 2.75) is 33.1 Å². The molecular formula is C19H24N2O2. The molecule has 4 nitrogen and oxygen atoms in total. The Morgan fingerprint density at radius 3 is 2.43 bits per heavy atom. The van der Waals surface area contributed by atoms with Crippen LogP contribution in [0, 0.1) is 0 Å². The number of benzene rings is 2. The van der Waals surface area contributed by atoms with Crippen LogP contribution in [0.25, 0.3) is 0 Å².